The smallest absolute Gasteiger partial charge is 0.347 e. The van der Waals surface area contributed by atoms with Gasteiger partial charge in [-0.2, -0.15) is 0 Å². The van der Waals surface area contributed by atoms with Gasteiger partial charge in [0, 0.05) is 6.54 Å². The molecular weight excluding hydrogens is 317 g/mol. The van der Waals surface area contributed by atoms with Gasteiger partial charge < -0.3 is 4.52 Å². The first-order valence-electron chi connectivity index (χ1n) is 7.87. The minimum absolute atomic E-state index is 0.471. The largest absolute Gasteiger partial charge is 0.430 e. The van der Waals surface area contributed by atoms with E-state index < -0.39 is 7.52 Å². The average Bonchev–Trinajstić information content (AvgIpc) is 2.64. The Hall–Kier alpha value is -2.35. The van der Waals surface area contributed by atoms with Crippen molar-refractivity contribution < 1.29 is 9.09 Å². The van der Waals surface area contributed by atoms with E-state index in [1.165, 1.54) is 0 Å². The van der Waals surface area contributed by atoms with Crippen LogP contribution in [0.2, 0.25) is 0 Å². The topological polar surface area (TPSA) is 38.3 Å². The molecule has 0 saturated carbocycles. The van der Waals surface area contributed by atoms with Crippen LogP contribution in [0.5, 0.6) is 5.75 Å². The Morgan fingerprint density at radius 2 is 1.42 bits per heavy atom. The number of benzene rings is 3. The quantitative estimate of drug-likeness (QED) is 0.664. The average molecular weight is 337 g/mol. The van der Waals surface area contributed by atoms with E-state index in [2.05, 4.69) is 5.09 Å². The van der Waals surface area contributed by atoms with Crippen LogP contribution in [0.25, 0.3) is 0 Å². The number of hydrogen-bond acceptors (Lipinski definition) is 2. The molecule has 0 spiro atoms. The molecule has 1 atom stereocenters. The summed E-state index contributed by atoms with van der Waals surface area (Å²) in [6, 6.07) is 26.7. The molecule has 0 bridgehead atoms. The van der Waals surface area contributed by atoms with E-state index in [0.717, 1.165) is 11.1 Å². The van der Waals surface area contributed by atoms with E-state index in [-0.39, 0.29) is 0 Å². The van der Waals surface area contributed by atoms with Gasteiger partial charge in [-0.15, -0.1) is 0 Å². The molecule has 0 aliphatic carbocycles. The summed E-state index contributed by atoms with van der Waals surface area (Å²) < 4.78 is 19.4. The normalized spacial score (nSPS) is 13.2. The third-order valence-electron chi connectivity index (χ3n) is 3.69. The predicted octanol–water partition coefficient (Wildman–Crippen LogP) is 4.68. The van der Waals surface area contributed by atoms with Crippen molar-refractivity contribution in [1.82, 2.24) is 5.09 Å². The summed E-state index contributed by atoms with van der Waals surface area (Å²) >= 11 is 0. The van der Waals surface area contributed by atoms with E-state index in [1.807, 2.05) is 91.9 Å². The van der Waals surface area contributed by atoms with Gasteiger partial charge in [0.05, 0.1) is 5.30 Å². The van der Waals surface area contributed by atoms with Crippen LogP contribution in [0.4, 0.5) is 0 Å². The molecule has 1 N–H and O–H groups in total. The van der Waals surface area contributed by atoms with E-state index in [0.29, 0.717) is 17.6 Å². The van der Waals surface area contributed by atoms with E-state index in [4.69, 9.17) is 4.52 Å². The second kappa shape index (κ2) is 7.48. The number of aryl methyl sites for hydroxylation is 1. The Kier molecular flexibility index (Phi) is 5.14. The van der Waals surface area contributed by atoms with Gasteiger partial charge in [-0.3, -0.25) is 4.57 Å². The summed E-state index contributed by atoms with van der Waals surface area (Å²) in [5.74, 6) is 0.591. The van der Waals surface area contributed by atoms with Crippen molar-refractivity contribution in [1.29, 1.82) is 0 Å². The predicted molar refractivity (Wildman–Crippen MR) is 98.8 cm³/mol. The first-order valence-corrected chi connectivity index (χ1v) is 9.49. The number of rotatable bonds is 6. The van der Waals surface area contributed by atoms with Crippen molar-refractivity contribution in [3.63, 3.8) is 0 Å². The molecule has 0 aliphatic heterocycles. The second-order valence-corrected chi connectivity index (χ2v) is 7.73. The molecule has 0 aromatic heterocycles. The zero-order chi connectivity index (χ0) is 16.8. The lowest BCUT2D eigenvalue weighted by atomic mass is 10.2. The van der Waals surface area contributed by atoms with Crippen molar-refractivity contribution in [3.05, 3.63) is 96.1 Å². The Morgan fingerprint density at radius 3 is 2.04 bits per heavy atom. The van der Waals surface area contributed by atoms with Gasteiger partial charge in [-0.05, 0) is 36.8 Å². The molecule has 1 unspecified atom stereocenters. The molecule has 0 fully saturated rings. The van der Waals surface area contributed by atoms with E-state index >= 15 is 0 Å². The molecule has 4 heteroatoms. The van der Waals surface area contributed by atoms with Crippen LogP contribution in [0.1, 0.15) is 11.1 Å². The van der Waals surface area contributed by atoms with Crippen LogP contribution >= 0.6 is 7.52 Å². The highest BCUT2D eigenvalue weighted by Crippen LogP contribution is 2.42. The molecule has 0 heterocycles. The lowest BCUT2D eigenvalue weighted by Gasteiger charge is -2.21. The Bertz CT molecular complexity index is 817. The third kappa shape index (κ3) is 4.14. The summed E-state index contributed by atoms with van der Waals surface area (Å²) in [7, 11) is -3.22. The summed E-state index contributed by atoms with van der Waals surface area (Å²) in [4.78, 5) is 0. The van der Waals surface area contributed by atoms with Crippen LogP contribution in [-0.4, -0.2) is 0 Å². The van der Waals surface area contributed by atoms with Crippen molar-refractivity contribution in [2.45, 2.75) is 13.5 Å². The maximum atomic E-state index is 13.5. The zero-order valence-electron chi connectivity index (χ0n) is 13.6. The second-order valence-electron chi connectivity index (χ2n) is 5.61. The van der Waals surface area contributed by atoms with Crippen molar-refractivity contribution in [3.8, 4) is 5.75 Å². The Labute approximate surface area is 142 Å². The highest BCUT2D eigenvalue weighted by molar-refractivity contribution is 7.65. The fraction of sp³-hybridized carbons (Fsp3) is 0.100. The lowest BCUT2D eigenvalue weighted by molar-refractivity contribution is 0.478. The molecule has 0 aliphatic rings. The third-order valence-corrected chi connectivity index (χ3v) is 5.71. The molecule has 122 valence electrons. The first kappa shape index (κ1) is 16.5. The number of hydrogen-bond donors (Lipinski definition) is 1. The molecule has 0 saturated heterocycles. The highest BCUT2D eigenvalue weighted by Gasteiger charge is 2.27. The highest BCUT2D eigenvalue weighted by atomic mass is 31.2. The first-order chi connectivity index (χ1) is 11.7. The van der Waals surface area contributed by atoms with Crippen LogP contribution in [0.15, 0.2) is 84.9 Å². The van der Waals surface area contributed by atoms with Gasteiger partial charge in [0.2, 0.25) is 0 Å². The SMILES string of the molecule is Cc1ccc(OP(=O)(NCc2ccccc2)c2ccccc2)cc1. The summed E-state index contributed by atoms with van der Waals surface area (Å²) in [6.07, 6.45) is 0. The van der Waals surface area contributed by atoms with Gasteiger partial charge in [0.25, 0.3) is 0 Å². The number of nitrogens with one attached hydrogen (secondary N) is 1. The minimum atomic E-state index is -3.22. The summed E-state index contributed by atoms with van der Waals surface area (Å²) in [6.45, 7) is 2.48. The van der Waals surface area contributed by atoms with Crippen LogP contribution in [-0.2, 0) is 11.1 Å². The van der Waals surface area contributed by atoms with Crippen LogP contribution < -0.4 is 14.9 Å². The molecule has 3 rings (SSSR count). The minimum Gasteiger partial charge on any atom is -0.430 e. The maximum Gasteiger partial charge on any atom is 0.347 e. The van der Waals surface area contributed by atoms with Crippen molar-refractivity contribution in [2.75, 3.05) is 0 Å². The van der Waals surface area contributed by atoms with Crippen molar-refractivity contribution >= 4 is 12.8 Å². The van der Waals surface area contributed by atoms with Crippen molar-refractivity contribution in [2.24, 2.45) is 0 Å². The molecule has 3 nitrogen and oxygen atoms in total. The molecular formula is C20H20NO2P. The van der Waals surface area contributed by atoms with Gasteiger partial charge in [-0.1, -0.05) is 66.2 Å². The molecule has 3 aromatic rings. The summed E-state index contributed by atoms with van der Waals surface area (Å²) in [5, 5.41) is 3.78. The monoisotopic (exact) mass is 337 g/mol. The summed E-state index contributed by atoms with van der Waals surface area (Å²) in [5.41, 5.74) is 2.19. The molecule has 3 aromatic carbocycles. The molecule has 24 heavy (non-hydrogen) atoms. The lowest BCUT2D eigenvalue weighted by Crippen LogP contribution is -2.23. The van der Waals surface area contributed by atoms with E-state index in [1.54, 1.807) is 0 Å². The Morgan fingerprint density at radius 1 is 0.833 bits per heavy atom. The van der Waals surface area contributed by atoms with Gasteiger partial charge in [0.15, 0.2) is 0 Å². The fourth-order valence-corrected chi connectivity index (χ4v) is 4.07. The van der Waals surface area contributed by atoms with E-state index in [9.17, 15) is 4.57 Å². The zero-order valence-corrected chi connectivity index (χ0v) is 14.4. The maximum absolute atomic E-state index is 13.5. The van der Waals surface area contributed by atoms with Gasteiger partial charge in [0.1, 0.15) is 5.75 Å². The van der Waals surface area contributed by atoms with Crippen LogP contribution in [0.3, 0.4) is 0 Å². The van der Waals surface area contributed by atoms with Gasteiger partial charge in [-0.25, -0.2) is 5.09 Å². The fourth-order valence-electron chi connectivity index (χ4n) is 2.34. The van der Waals surface area contributed by atoms with Gasteiger partial charge >= 0.3 is 7.52 Å². The Balaban J connectivity index is 1.86. The molecule has 0 amide bonds. The standard InChI is InChI=1S/C20H20NO2P/c1-17-12-14-19(15-13-17)23-24(22,20-10-6-3-7-11-20)21-16-18-8-4-2-5-9-18/h2-15H,16H2,1H3,(H,21,22). The molecule has 0 radical (unpaired) electrons. The van der Waals surface area contributed by atoms with Crippen LogP contribution in [0, 0.1) is 6.92 Å².